The quantitative estimate of drug-likeness (QED) is 0.410. The molecule has 4 nitrogen and oxygen atoms in total. The van der Waals surface area contributed by atoms with E-state index < -0.39 is 0 Å². The molecule has 2 aromatic rings. The fourth-order valence-corrected chi connectivity index (χ4v) is 3.45. The number of anilines is 1. The summed E-state index contributed by atoms with van der Waals surface area (Å²) in [4.78, 5) is 11.7. The van der Waals surface area contributed by atoms with Crippen molar-refractivity contribution in [3.8, 4) is 0 Å². The topological polar surface area (TPSA) is 55.2 Å². The molecule has 0 fully saturated rings. The average Bonchev–Trinajstić information content (AvgIpc) is 2.94. The Morgan fingerprint density at radius 1 is 1.45 bits per heavy atom. The van der Waals surface area contributed by atoms with E-state index >= 15 is 0 Å². The van der Waals surface area contributed by atoms with Gasteiger partial charge in [0.25, 0.3) is 5.69 Å². The highest BCUT2D eigenvalue weighted by atomic mass is 127. The molecule has 6 heteroatoms. The number of benzene rings is 1. The van der Waals surface area contributed by atoms with Crippen molar-refractivity contribution < 1.29 is 4.92 Å². The molecule has 106 valence electrons. The highest BCUT2D eigenvalue weighted by molar-refractivity contribution is 14.1. The molecule has 2 rings (SSSR count). The van der Waals surface area contributed by atoms with Crippen LogP contribution in [-0.4, -0.2) is 4.92 Å². The smallest absolute Gasteiger partial charge is 0.270 e. The van der Waals surface area contributed by atoms with Gasteiger partial charge in [0.05, 0.1) is 11.0 Å². The van der Waals surface area contributed by atoms with Crippen molar-refractivity contribution in [2.45, 2.75) is 25.8 Å². The van der Waals surface area contributed by atoms with E-state index in [1.807, 2.05) is 6.07 Å². The Kier molecular flexibility index (Phi) is 5.36. The fourth-order valence-electron chi connectivity index (χ4n) is 1.99. The molecular weight excluding hydrogens is 387 g/mol. The van der Waals surface area contributed by atoms with Crippen LogP contribution >= 0.6 is 33.9 Å². The molecule has 0 bridgehead atoms. The van der Waals surface area contributed by atoms with Crippen LogP contribution < -0.4 is 5.32 Å². The van der Waals surface area contributed by atoms with E-state index in [1.54, 1.807) is 29.5 Å². The maximum absolute atomic E-state index is 10.8. The molecule has 1 aromatic heterocycles. The third kappa shape index (κ3) is 3.69. The Balaban J connectivity index is 2.21. The van der Waals surface area contributed by atoms with Gasteiger partial charge in [-0.3, -0.25) is 10.1 Å². The predicted molar refractivity (Wildman–Crippen MR) is 91.4 cm³/mol. The number of nitro groups is 1. The third-order valence-corrected chi connectivity index (χ3v) is 4.84. The van der Waals surface area contributed by atoms with Crippen LogP contribution in [0.15, 0.2) is 35.7 Å². The Labute approximate surface area is 135 Å². The summed E-state index contributed by atoms with van der Waals surface area (Å²) in [7, 11) is 0. The Hall–Kier alpha value is -1.15. The number of hydrogen-bond acceptors (Lipinski definition) is 4. The van der Waals surface area contributed by atoms with Crippen molar-refractivity contribution >= 4 is 45.3 Å². The number of nitrogens with one attached hydrogen (secondary N) is 1. The van der Waals surface area contributed by atoms with Gasteiger partial charge in [-0.05, 0) is 46.5 Å². The molecule has 1 heterocycles. The van der Waals surface area contributed by atoms with Gasteiger partial charge in [0.2, 0.25) is 0 Å². The van der Waals surface area contributed by atoms with Gasteiger partial charge < -0.3 is 5.32 Å². The lowest BCUT2D eigenvalue weighted by Crippen LogP contribution is -2.10. The van der Waals surface area contributed by atoms with Crippen molar-refractivity contribution in [1.82, 2.24) is 0 Å². The minimum absolute atomic E-state index is 0.128. The first-order valence-corrected chi connectivity index (χ1v) is 8.31. The van der Waals surface area contributed by atoms with Crippen LogP contribution in [-0.2, 0) is 0 Å². The molecule has 0 amide bonds. The Morgan fingerprint density at radius 3 is 2.80 bits per heavy atom. The Bertz CT molecular complexity index is 587. The lowest BCUT2D eigenvalue weighted by Gasteiger charge is -2.19. The second-order valence-electron chi connectivity index (χ2n) is 4.42. The molecule has 1 atom stereocenters. The standard InChI is InChI=1S/C14H15IN2O2S/c1-2-4-13(14-5-3-8-20-14)16-12-7-6-10(17(18)19)9-11(12)15/h3,5-9,13,16H,2,4H2,1H3. The minimum Gasteiger partial charge on any atom is -0.377 e. The first-order chi connectivity index (χ1) is 9.61. The van der Waals surface area contributed by atoms with Crippen molar-refractivity contribution in [1.29, 1.82) is 0 Å². The van der Waals surface area contributed by atoms with Crippen LogP contribution in [0.3, 0.4) is 0 Å². The summed E-state index contributed by atoms with van der Waals surface area (Å²) in [6, 6.07) is 9.36. The Morgan fingerprint density at radius 2 is 2.25 bits per heavy atom. The zero-order valence-electron chi connectivity index (χ0n) is 11.0. The summed E-state index contributed by atoms with van der Waals surface area (Å²) >= 11 is 3.87. The van der Waals surface area contributed by atoms with Crippen molar-refractivity contribution in [3.63, 3.8) is 0 Å². The lowest BCUT2D eigenvalue weighted by molar-refractivity contribution is -0.384. The molecule has 0 saturated heterocycles. The summed E-state index contributed by atoms with van der Waals surface area (Å²) in [5.74, 6) is 0. The number of halogens is 1. The molecule has 1 aromatic carbocycles. The monoisotopic (exact) mass is 402 g/mol. The minimum atomic E-state index is -0.366. The van der Waals surface area contributed by atoms with Crippen LogP contribution in [0.2, 0.25) is 0 Å². The highest BCUT2D eigenvalue weighted by Crippen LogP contribution is 2.31. The first-order valence-electron chi connectivity index (χ1n) is 6.35. The molecule has 0 radical (unpaired) electrons. The average molecular weight is 402 g/mol. The number of hydrogen-bond donors (Lipinski definition) is 1. The normalized spacial score (nSPS) is 12.1. The van der Waals surface area contributed by atoms with Crippen LogP contribution in [0.25, 0.3) is 0 Å². The zero-order chi connectivity index (χ0) is 14.5. The molecule has 0 aliphatic carbocycles. The van der Waals surface area contributed by atoms with Crippen LogP contribution in [0, 0.1) is 13.7 Å². The van der Waals surface area contributed by atoms with Crippen LogP contribution in [0.1, 0.15) is 30.7 Å². The number of rotatable bonds is 6. The number of nitrogens with zero attached hydrogens (tertiary/aromatic N) is 1. The van der Waals surface area contributed by atoms with Gasteiger partial charge in [-0.2, -0.15) is 0 Å². The second-order valence-corrected chi connectivity index (χ2v) is 6.56. The lowest BCUT2D eigenvalue weighted by atomic mass is 10.1. The van der Waals surface area contributed by atoms with E-state index in [4.69, 9.17) is 0 Å². The van der Waals surface area contributed by atoms with Crippen molar-refractivity contribution in [2.24, 2.45) is 0 Å². The fraction of sp³-hybridized carbons (Fsp3) is 0.286. The largest absolute Gasteiger partial charge is 0.377 e. The van der Waals surface area contributed by atoms with Gasteiger partial charge in [0.15, 0.2) is 0 Å². The highest BCUT2D eigenvalue weighted by Gasteiger charge is 2.15. The summed E-state index contributed by atoms with van der Waals surface area (Å²) < 4.78 is 0.870. The predicted octanol–water partition coefficient (Wildman–Crippen LogP) is 5.21. The van der Waals surface area contributed by atoms with Crippen molar-refractivity contribution in [2.75, 3.05) is 5.32 Å². The van der Waals surface area contributed by atoms with E-state index in [-0.39, 0.29) is 16.7 Å². The van der Waals surface area contributed by atoms with E-state index in [9.17, 15) is 10.1 Å². The van der Waals surface area contributed by atoms with Gasteiger partial charge in [0.1, 0.15) is 0 Å². The maximum atomic E-state index is 10.8. The first kappa shape index (κ1) is 15.2. The molecule has 0 saturated carbocycles. The molecule has 20 heavy (non-hydrogen) atoms. The summed E-state index contributed by atoms with van der Waals surface area (Å²) in [6.07, 6.45) is 2.12. The molecule has 0 spiro atoms. The summed E-state index contributed by atoms with van der Waals surface area (Å²) in [5.41, 5.74) is 1.08. The van der Waals surface area contributed by atoms with Gasteiger partial charge in [-0.15, -0.1) is 11.3 Å². The SMILES string of the molecule is CCCC(Nc1ccc([N+](=O)[O-])cc1I)c1cccs1. The van der Waals surface area contributed by atoms with Gasteiger partial charge >= 0.3 is 0 Å². The maximum Gasteiger partial charge on any atom is 0.270 e. The van der Waals surface area contributed by atoms with Gasteiger partial charge in [0, 0.05) is 26.3 Å². The second kappa shape index (κ2) is 7.03. The van der Waals surface area contributed by atoms with E-state index in [1.165, 1.54) is 4.88 Å². The molecule has 1 N–H and O–H groups in total. The summed E-state index contributed by atoms with van der Waals surface area (Å²) in [5, 5.41) is 16.3. The van der Waals surface area contributed by atoms with E-state index in [0.29, 0.717) is 0 Å². The number of thiophene rings is 1. The van der Waals surface area contributed by atoms with Crippen LogP contribution in [0.5, 0.6) is 0 Å². The van der Waals surface area contributed by atoms with E-state index in [2.05, 4.69) is 46.3 Å². The zero-order valence-corrected chi connectivity index (χ0v) is 14.0. The van der Waals surface area contributed by atoms with E-state index in [0.717, 1.165) is 22.1 Å². The number of nitro benzene ring substituents is 1. The van der Waals surface area contributed by atoms with Gasteiger partial charge in [-0.25, -0.2) is 0 Å². The van der Waals surface area contributed by atoms with Crippen LogP contribution in [0.4, 0.5) is 11.4 Å². The molecular formula is C14H15IN2O2S. The molecule has 0 aliphatic heterocycles. The molecule has 0 aliphatic rings. The number of non-ortho nitro benzene ring substituents is 1. The third-order valence-electron chi connectivity index (χ3n) is 2.96. The molecule has 1 unspecified atom stereocenters. The van der Waals surface area contributed by atoms with Gasteiger partial charge in [-0.1, -0.05) is 19.4 Å². The van der Waals surface area contributed by atoms with Crippen molar-refractivity contribution in [3.05, 3.63) is 54.3 Å². The summed E-state index contributed by atoms with van der Waals surface area (Å²) in [6.45, 7) is 2.16.